The summed E-state index contributed by atoms with van der Waals surface area (Å²) in [6, 6.07) is 10.6. The Labute approximate surface area is 149 Å². The number of nitrogens with one attached hydrogen (secondary N) is 1. The summed E-state index contributed by atoms with van der Waals surface area (Å²) in [5.41, 5.74) is 1.07. The zero-order valence-corrected chi connectivity index (χ0v) is 14.4. The van der Waals surface area contributed by atoms with Crippen LogP contribution in [0.4, 0.5) is 5.69 Å². The van der Waals surface area contributed by atoms with Crippen LogP contribution < -0.4 is 10.1 Å². The van der Waals surface area contributed by atoms with Gasteiger partial charge in [-0.1, -0.05) is 12.1 Å². The fraction of sp³-hybridized carbons (Fsp3) is 0.222. The maximum absolute atomic E-state index is 12.2. The van der Waals surface area contributed by atoms with Crippen LogP contribution in [-0.2, 0) is 11.3 Å². The quantitative estimate of drug-likeness (QED) is 0.463. The minimum absolute atomic E-state index is 0.118. The number of esters is 1. The number of ether oxygens (including phenoxy) is 2. The first-order chi connectivity index (χ1) is 12.5. The third-order valence-electron chi connectivity index (χ3n) is 3.55. The lowest BCUT2D eigenvalue weighted by Gasteiger charge is -2.08. The molecule has 0 atom stereocenters. The topological polar surface area (TPSA) is 108 Å². The normalized spacial score (nSPS) is 10.1. The Kier molecular flexibility index (Phi) is 6.26. The number of nitro groups is 1. The minimum atomic E-state index is -0.590. The van der Waals surface area contributed by atoms with Gasteiger partial charge in [0.1, 0.15) is 0 Å². The Morgan fingerprint density at radius 2 is 1.77 bits per heavy atom. The van der Waals surface area contributed by atoms with E-state index in [9.17, 15) is 19.7 Å². The van der Waals surface area contributed by atoms with Gasteiger partial charge in [0.15, 0.2) is 5.75 Å². The van der Waals surface area contributed by atoms with Crippen molar-refractivity contribution in [3.05, 3.63) is 69.3 Å². The number of hydrogen-bond donors (Lipinski definition) is 1. The van der Waals surface area contributed by atoms with E-state index in [-0.39, 0.29) is 30.2 Å². The number of carbonyl (C=O) groups is 2. The number of rotatable bonds is 7. The van der Waals surface area contributed by atoms with E-state index in [0.29, 0.717) is 5.56 Å². The van der Waals surface area contributed by atoms with Gasteiger partial charge in [0.2, 0.25) is 0 Å². The van der Waals surface area contributed by atoms with Gasteiger partial charge in [0.25, 0.3) is 5.91 Å². The molecule has 0 spiro atoms. The van der Waals surface area contributed by atoms with Gasteiger partial charge in [-0.05, 0) is 36.8 Å². The molecule has 0 fully saturated rings. The van der Waals surface area contributed by atoms with Gasteiger partial charge >= 0.3 is 11.7 Å². The Morgan fingerprint density at radius 3 is 2.35 bits per heavy atom. The summed E-state index contributed by atoms with van der Waals surface area (Å²) >= 11 is 0. The molecular formula is C18H18N2O6. The molecule has 0 aliphatic rings. The standard InChI is InChI=1S/C18H18N2O6/c1-3-26-16-9-8-14(10-15(16)20(23)24)17(21)19-11-12-4-6-13(7-5-12)18(22)25-2/h4-10H,3,11H2,1-2H3,(H,19,21). The first kappa shape index (κ1) is 18.9. The van der Waals surface area contributed by atoms with Crippen molar-refractivity contribution in [2.24, 2.45) is 0 Å². The molecule has 0 heterocycles. The minimum Gasteiger partial charge on any atom is -0.487 e. The molecule has 2 aromatic rings. The van der Waals surface area contributed by atoms with E-state index in [1.54, 1.807) is 31.2 Å². The van der Waals surface area contributed by atoms with E-state index < -0.39 is 16.8 Å². The molecule has 0 saturated carbocycles. The fourth-order valence-electron chi connectivity index (χ4n) is 2.24. The molecule has 0 unspecified atom stereocenters. The van der Waals surface area contributed by atoms with E-state index in [1.165, 1.54) is 25.3 Å². The first-order valence-corrected chi connectivity index (χ1v) is 7.83. The van der Waals surface area contributed by atoms with Gasteiger partial charge in [-0.3, -0.25) is 14.9 Å². The second-order valence-corrected chi connectivity index (χ2v) is 5.24. The zero-order valence-electron chi connectivity index (χ0n) is 14.4. The van der Waals surface area contributed by atoms with Crippen LogP contribution in [0.25, 0.3) is 0 Å². The van der Waals surface area contributed by atoms with Gasteiger partial charge in [0.05, 0.1) is 24.2 Å². The van der Waals surface area contributed by atoms with E-state index in [2.05, 4.69) is 10.1 Å². The van der Waals surface area contributed by atoms with E-state index in [4.69, 9.17) is 4.74 Å². The monoisotopic (exact) mass is 358 g/mol. The number of hydrogen-bond acceptors (Lipinski definition) is 6. The predicted molar refractivity (Wildman–Crippen MR) is 93.2 cm³/mol. The molecule has 8 heteroatoms. The lowest BCUT2D eigenvalue weighted by molar-refractivity contribution is -0.385. The first-order valence-electron chi connectivity index (χ1n) is 7.83. The van der Waals surface area contributed by atoms with E-state index >= 15 is 0 Å². The number of benzene rings is 2. The number of carbonyl (C=O) groups excluding carboxylic acids is 2. The summed E-state index contributed by atoms with van der Waals surface area (Å²) in [5, 5.41) is 13.8. The molecule has 1 amide bonds. The second kappa shape index (κ2) is 8.61. The molecule has 0 aliphatic carbocycles. The lowest BCUT2D eigenvalue weighted by atomic mass is 10.1. The Morgan fingerprint density at radius 1 is 1.12 bits per heavy atom. The molecule has 0 bridgehead atoms. The third-order valence-corrected chi connectivity index (χ3v) is 3.55. The maximum Gasteiger partial charge on any atom is 0.337 e. The summed E-state index contributed by atoms with van der Waals surface area (Å²) < 4.78 is 9.81. The Bertz CT molecular complexity index is 817. The third kappa shape index (κ3) is 4.56. The second-order valence-electron chi connectivity index (χ2n) is 5.24. The fourth-order valence-corrected chi connectivity index (χ4v) is 2.24. The molecule has 0 radical (unpaired) electrons. The number of nitro benzene ring substituents is 1. The van der Waals surface area contributed by atoms with Gasteiger partial charge in [-0.15, -0.1) is 0 Å². The van der Waals surface area contributed by atoms with Gasteiger partial charge in [0, 0.05) is 18.2 Å². The van der Waals surface area contributed by atoms with Crippen molar-refractivity contribution in [1.82, 2.24) is 5.32 Å². The van der Waals surface area contributed by atoms with Crippen LogP contribution in [0.3, 0.4) is 0 Å². The van der Waals surface area contributed by atoms with Crippen molar-refractivity contribution in [3.63, 3.8) is 0 Å². The van der Waals surface area contributed by atoms with Crippen molar-refractivity contribution in [3.8, 4) is 5.75 Å². The van der Waals surface area contributed by atoms with E-state index in [0.717, 1.165) is 5.56 Å². The van der Waals surface area contributed by atoms with Gasteiger partial charge < -0.3 is 14.8 Å². The molecule has 0 aliphatic heterocycles. The van der Waals surface area contributed by atoms with Crippen LogP contribution in [0.2, 0.25) is 0 Å². The van der Waals surface area contributed by atoms with Crippen molar-refractivity contribution in [2.75, 3.05) is 13.7 Å². The van der Waals surface area contributed by atoms with Crippen molar-refractivity contribution >= 4 is 17.6 Å². The lowest BCUT2D eigenvalue weighted by Crippen LogP contribution is -2.23. The molecule has 0 aromatic heterocycles. The van der Waals surface area contributed by atoms with Crippen LogP contribution in [0.1, 0.15) is 33.2 Å². The van der Waals surface area contributed by atoms with Crippen LogP contribution >= 0.6 is 0 Å². The van der Waals surface area contributed by atoms with Crippen LogP contribution in [0, 0.1) is 10.1 Å². The Hall–Kier alpha value is -3.42. The average Bonchev–Trinajstić information content (AvgIpc) is 2.66. The summed E-state index contributed by atoms with van der Waals surface area (Å²) in [6.45, 7) is 2.21. The number of methoxy groups -OCH3 is 1. The highest BCUT2D eigenvalue weighted by molar-refractivity contribution is 5.95. The van der Waals surface area contributed by atoms with Gasteiger partial charge in [-0.25, -0.2) is 4.79 Å². The summed E-state index contributed by atoms with van der Waals surface area (Å²) in [7, 11) is 1.30. The summed E-state index contributed by atoms with van der Waals surface area (Å²) in [6.07, 6.45) is 0. The highest BCUT2D eigenvalue weighted by atomic mass is 16.6. The molecule has 26 heavy (non-hydrogen) atoms. The smallest absolute Gasteiger partial charge is 0.337 e. The van der Waals surface area contributed by atoms with Crippen molar-refractivity contribution in [1.29, 1.82) is 0 Å². The molecule has 0 saturated heterocycles. The molecule has 2 rings (SSSR count). The highest BCUT2D eigenvalue weighted by Gasteiger charge is 2.18. The zero-order chi connectivity index (χ0) is 19.1. The highest BCUT2D eigenvalue weighted by Crippen LogP contribution is 2.28. The predicted octanol–water partition coefficient (Wildman–Crippen LogP) is 2.71. The largest absolute Gasteiger partial charge is 0.487 e. The van der Waals surface area contributed by atoms with E-state index in [1.807, 2.05) is 0 Å². The van der Waals surface area contributed by atoms with Crippen LogP contribution in [0.5, 0.6) is 5.75 Å². The Balaban J connectivity index is 2.06. The number of amides is 1. The summed E-state index contributed by atoms with van der Waals surface area (Å²) in [4.78, 5) is 34.1. The molecule has 2 aromatic carbocycles. The average molecular weight is 358 g/mol. The molecular weight excluding hydrogens is 340 g/mol. The van der Waals surface area contributed by atoms with Gasteiger partial charge in [-0.2, -0.15) is 0 Å². The molecule has 136 valence electrons. The SMILES string of the molecule is CCOc1ccc(C(=O)NCc2ccc(C(=O)OC)cc2)cc1[N+](=O)[O-]. The maximum atomic E-state index is 12.2. The van der Waals surface area contributed by atoms with Crippen LogP contribution in [-0.4, -0.2) is 30.5 Å². The summed E-state index contributed by atoms with van der Waals surface area (Å²) in [5.74, 6) is -0.775. The van der Waals surface area contributed by atoms with Crippen molar-refractivity contribution in [2.45, 2.75) is 13.5 Å². The molecule has 8 nitrogen and oxygen atoms in total. The number of nitrogens with zero attached hydrogens (tertiary/aromatic N) is 1. The van der Waals surface area contributed by atoms with Crippen LogP contribution in [0.15, 0.2) is 42.5 Å². The van der Waals surface area contributed by atoms with Crippen molar-refractivity contribution < 1.29 is 24.0 Å². The molecule has 1 N–H and O–H groups in total.